The summed E-state index contributed by atoms with van der Waals surface area (Å²) >= 11 is 0. The van der Waals surface area contributed by atoms with E-state index in [4.69, 9.17) is 4.74 Å². The summed E-state index contributed by atoms with van der Waals surface area (Å²) in [6.07, 6.45) is 5.55. The first-order valence-electron chi connectivity index (χ1n) is 9.07. The van der Waals surface area contributed by atoms with E-state index in [1.54, 1.807) is 6.92 Å². The molecule has 0 aliphatic heterocycles. The van der Waals surface area contributed by atoms with Gasteiger partial charge in [-0.15, -0.1) is 0 Å². The van der Waals surface area contributed by atoms with Crippen LogP contribution in [0.4, 0.5) is 4.79 Å². The quantitative estimate of drug-likeness (QED) is 0.584. The molecule has 1 aliphatic carbocycles. The van der Waals surface area contributed by atoms with Crippen molar-refractivity contribution in [1.82, 2.24) is 10.4 Å². The van der Waals surface area contributed by atoms with E-state index in [1.165, 1.54) is 6.42 Å². The summed E-state index contributed by atoms with van der Waals surface area (Å²) in [5, 5.41) is 13.0. The fourth-order valence-electron chi connectivity index (χ4n) is 3.22. The van der Waals surface area contributed by atoms with Crippen molar-refractivity contribution in [2.75, 3.05) is 6.54 Å². The Labute approximate surface area is 149 Å². The summed E-state index contributed by atoms with van der Waals surface area (Å²) in [7, 11) is 0. The minimum atomic E-state index is -0.753. The molecule has 0 radical (unpaired) electrons. The molecule has 1 aromatic carbocycles. The lowest BCUT2D eigenvalue weighted by atomic mass is 9.84. The molecule has 0 aromatic heterocycles. The van der Waals surface area contributed by atoms with Crippen LogP contribution in [0.3, 0.4) is 0 Å². The highest BCUT2D eigenvalue weighted by molar-refractivity contribution is 5.84. The van der Waals surface area contributed by atoms with Crippen molar-refractivity contribution in [2.24, 2.45) is 5.92 Å². The zero-order valence-corrected chi connectivity index (χ0v) is 14.8. The van der Waals surface area contributed by atoms with Gasteiger partial charge in [-0.25, -0.2) is 9.86 Å². The number of alkyl carbamates (subject to hydrolysis) is 1. The zero-order chi connectivity index (χ0) is 18.1. The Kier molecular flexibility index (Phi) is 7.73. The van der Waals surface area contributed by atoms with Crippen molar-refractivity contribution >= 4 is 12.0 Å². The Morgan fingerprint density at radius 1 is 1.24 bits per heavy atom. The Morgan fingerprint density at radius 2 is 1.92 bits per heavy atom. The van der Waals surface area contributed by atoms with Gasteiger partial charge >= 0.3 is 6.09 Å². The number of hydrogen-bond acceptors (Lipinski definition) is 4. The maximum Gasteiger partial charge on any atom is 0.408 e. The molecule has 1 fully saturated rings. The van der Waals surface area contributed by atoms with Gasteiger partial charge in [-0.3, -0.25) is 10.0 Å². The second kappa shape index (κ2) is 10.0. The Bertz CT molecular complexity index is 544. The summed E-state index contributed by atoms with van der Waals surface area (Å²) in [6.45, 7) is 2.01. The summed E-state index contributed by atoms with van der Waals surface area (Å²) < 4.78 is 5.21. The maximum absolute atomic E-state index is 12.4. The van der Waals surface area contributed by atoms with Crippen molar-refractivity contribution in [2.45, 2.75) is 58.1 Å². The van der Waals surface area contributed by atoms with Crippen LogP contribution < -0.4 is 5.32 Å². The van der Waals surface area contributed by atoms with Crippen LogP contribution in [0.25, 0.3) is 0 Å². The fourth-order valence-corrected chi connectivity index (χ4v) is 3.22. The molecule has 6 nitrogen and oxygen atoms in total. The molecule has 6 heteroatoms. The SMILES string of the molecule is CCN(O)C(=O)C(CC1CCCCC1)NC(=O)OCc1ccccc1. The standard InChI is InChI=1S/C19H28N2O4/c1-2-21(24)18(22)17(13-15-9-5-3-6-10-15)20-19(23)25-14-16-11-7-4-8-12-16/h4,7-8,11-12,15,17,24H,2-3,5-6,9-10,13-14H2,1H3,(H,20,23). The number of rotatable bonds is 7. The second-order valence-electron chi connectivity index (χ2n) is 6.55. The number of carbonyl (C=O) groups is 2. The van der Waals surface area contributed by atoms with Crippen LogP contribution in [-0.2, 0) is 16.1 Å². The van der Waals surface area contributed by atoms with Gasteiger partial charge in [0.25, 0.3) is 5.91 Å². The summed E-state index contributed by atoms with van der Waals surface area (Å²) in [4.78, 5) is 24.5. The normalized spacial score (nSPS) is 16.1. The molecule has 1 aliphatic rings. The number of amides is 2. The average molecular weight is 348 g/mol. The number of carbonyl (C=O) groups excluding carboxylic acids is 2. The molecule has 25 heavy (non-hydrogen) atoms. The van der Waals surface area contributed by atoms with Crippen molar-refractivity contribution in [3.05, 3.63) is 35.9 Å². The Morgan fingerprint density at radius 3 is 2.56 bits per heavy atom. The van der Waals surface area contributed by atoms with E-state index in [0.717, 1.165) is 31.2 Å². The molecular formula is C19H28N2O4. The molecule has 0 heterocycles. The van der Waals surface area contributed by atoms with Gasteiger partial charge in [-0.1, -0.05) is 62.4 Å². The Balaban J connectivity index is 1.91. The fraction of sp³-hybridized carbons (Fsp3) is 0.579. The zero-order valence-electron chi connectivity index (χ0n) is 14.8. The van der Waals surface area contributed by atoms with E-state index in [-0.39, 0.29) is 13.2 Å². The smallest absolute Gasteiger partial charge is 0.408 e. The van der Waals surface area contributed by atoms with Crippen molar-refractivity contribution in [3.63, 3.8) is 0 Å². The monoisotopic (exact) mass is 348 g/mol. The first kappa shape index (κ1) is 19.2. The van der Waals surface area contributed by atoms with Gasteiger partial charge in [0.05, 0.1) is 0 Å². The molecule has 138 valence electrons. The van der Waals surface area contributed by atoms with Gasteiger partial charge in [0.1, 0.15) is 12.6 Å². The maximum atomic E-state index is 12.4. The molecule has 2 amide bonds. The molecule has 2 N–H and O–H groups in total. The highest BCUT2D eigenvalue weighted by Gasteiger charge is 2.29. The third-order valence-corrected chi connectivity index (χ3v) is 4.65. The van der Waals surface area contributed by atoms with Gasteiger partial charge in [0.15, 0.2) is 0 Å². The van der Waals surface area contributed by atoms with E-state index in [9.17, 15) is 14.8 Å². The van der Waals surface area contributed by atoms with E-state index in [2.05, 4.69) is 5.32 Å². The van der Waals surface area contributed by atoms with Crippen LogP contribution in [0.5, 0.6) is 0 Å². The lowest BCUT2D eigenvalue weighted by molar-refractivity contribution is -0.167. The molecule has 1 saturated carbocycles. The third-order valence-electron chi connectivity index (χ3n) is 4.65. The van der Waals surface area contributed by atoms with Gasteiger partial charge in [0.2, 0.25) is 0 Å². The first-order valence-corrected chi connectivity index (χ1v) is 9.07. The predicted molar refractivity (Wildman–Crippen MR) is 93.9 cm³/mol. The number of ether oxygens (including phenoxy) is 1. The van der Waals surface area contributed by atoms with E-state index < -0.39 is 18.0 Å². The van der Waals surface area contributed by atoms with E-state index in [0.29, 0.717) is 17.4 Å². The van der Waals surface area contributed by atoms with Gasteiger partial charge in [-0.05, 0) is 24.8 Å². The molecule has 0 spiro atoms. The number of benzene rings is 1. The molecule has 2 rings (SSSR count). The van der Waals surface area contributed by atoms with Crippen molar-refractivity contribution in [1.29, 1.82) is 0 Å². The van der Waals surface area contributed by atoms with Crippen LogP contribution in [0.15, 0.2) is 30.3 Å². The average Bonchev–Trinajstić information content (AvgIpc) is 2.66. The highest BCUT2D eigenvalue weighted by Crippen LogP contribution is 2.27. The molecule has 1 aromatic rings. The number of hydroxylamine groups is 2. The Hall–Kier alpha value is -2.08. The second-order valence-corrected chi connectivity index (χ2v) is 6.55. The molecule has 0 bridgehead atoms. The summed E-state index contributed by atoms with van der Waals surface area (Å²) in [6, 6.07) is 8.61. The van der Waals surface area contributed by atoms with Crippen LogP contribution in [-0.4, -0.2) is 34.9 Å². The van der Waals surface area contributed by atoms with Gasteiger partial charge in [0, 0.05) is 6.54 Å². The van der Waals surface area contributed by atoms with E-state index in [1.807, 2.05) is 30.3 Å². The predicted octanol–water partition coefficient (Wildman–Crippen LogP) is 3.49. The summed E-state index contributed by atoms with van der Waals surface area (Å²) in [5.74, 6) is -0.0906. The molecular weight excluding hydrogens is 320 g/mol. The number of likely N-dealkylation sites (N-methyl/N-ethyl adjacent to an activating group) is 1. The minimum Gasteiger partial charge on any atom is -0.445 e. The van der Waals surface area contributed by atoms with Gasteiger partial charge in [-0.2, -0.15) is 0 Å². The third kappa shape index (κ3) is 6.38. The van der Waals surface area contributed by atoms with Crippen LogP contribution in [0.1, 0.15) is 51.0 Å². The minimum absolute atomic E-state index is 0.146. The van der Waals surface area contributed by atoms with Crippen molar-refractivity contribution < 1.29 is 19.5 Å². The largest absolute Gasteiger partial charge is 0.445 e. The number of nitrogens with one attached hydrogen (secondary N) is 1. The van der Waals surface area contributed by atoms with Crippen LogP contribution >= 0.6 is 0 Å². The van der Waals surface area contributed by atoms with Crippen molar-refractivity contribution in [3.8, 4) is 0 Å². The molecule has 1 atom stereocenters. The first-order chi connectivity index (χ1) is 12.1. The molecule has 1 unspecified atom stereocenters. The topological polar surface area (TPSA) is 78.9 Å². The number of nitrogens with zero attached hydrogens (tertiary/aromatic N) is 1. The van der Waals surface area contributed by atoms with Gasteiger partial charge < -0.3 is 10.1 Å². The van der Waals surface area contributed by atoms with Crippen LogP contribution in [0.2, 0.25) is 0 Å². The lowest BCUT2D eigenvalue weighted by Crippen LogP contribution is -2.48. The van der Waals surface area contributed by atoms with E-state index >= 15 is 0 Å². The lowest BCUT2D eigenvalue weighted by Gasteiger charge is -2.28. The highest BCUT2D eigenvalue weighted by atomic mass is 16.5. The number of hydrogen-bond donors (Lipinski definition) is 2. The summed E-state index contributed by atoms with van der Waals surface area (Å²) in [5.41, 5.74) is 0.880. The van der Waals surface area contributed by atoms with Crippen LogP contribution in [0, 0.1) is 5.92 Å². The molecule has 0 saturated heterocycles.